The number of fused-ring (bicyclic) bond motifs is 6. The number of benzene rings is 3. The van der Waals surface area contributed by atoms with Crippen LogP contribution in [0.4, 0.5) is 0 Å². The monoisotopic (exact) mass is 558 g/mol. The van der Waals surface area contributed by atoms with Crippen LogP contribution < -0.4 is 0 Å². The maximum Gasteiger partial charge on any atom is 0.0544 e. The van der Waals surface area contributed by atoms with Crippen LogP contribution in [0.2, 0.25) is 0 Å². The predicted molar refractivity (Wildman–Crippen MR) is 187 cm³/mol. The van der Waals surface area contributed by atoms with Crippen LogP contribution in [0.25, 0.3) is 55.6 Å². The molecule has 2 heteroatoms. The minimum Gasteiger partial charge on any atom is -0.340 e. The molecule has 0 saturated heterocycles. The molecule has 2 nitrogen and oxygen atoms in total. The van der Waals surface area contributed by atoms with Gasteiger partial charge in [-0.25, -0.2) is 0 Å². The third kappa shape index (κ3) is 5.19. The second-order valence-electron chi connectivity index (χ2n) is 11.4. The van der Waals surface area contributed by atoms with E-state index in [-0.39, 0.29) is 0 Å². The van der Waals surface area contributed by atoms with Crippen molar-refractivity contribution in [3.63, 3.8) is 0 Å². The molecule has 0 radical (unpaired) electrons. The Morgan fingerprint density at radius 2 is 1.40 bits per heavy atom. The Morgan fingerprint density at radius 1 is 0.674 bits per heavy atom. The van der Waals surface area contributed by atoms with Crippen molar-refractivity contribution in [1.82, 2.24) is 9.13 Å². The van der Waals surface area contributed by atoms with Crippen molar-refractivity contribution in [3.8, 4) is 11.1 Å². The lowest BCUT2D eigenvalue weighted by molar-refractivity contribution is 0.770. The molecular formula is C41H38N2. The Kier molecular flexibility index (Phi) is 7.67. The second kappa shape index (κ2) is 12.2. The van der Waals surface area contributed by atoms with Gasteiger partial charge in [-0.3, -0.25) is 0 Å². The van der Waals surface area contributed by atoms with E-state index in [0.29, 0.717) is 0 Å². The molecule has 3 aromatic carbocycles. The molecule has 2 aliphatic rings. The van der Waals surface area contributed by atoms with Gasteiger partial charge >= 0.3 is 0 Å². The van der Waals surface area contributed by atoms with Crippen molar-refractivity contribution in [3.05, 3.63) is 145 Å². The molecule has 2 aromatic heterocycles. The minimum absolute atomic E-state index is 0.863. The van der Waals surface area contributed by atoms with Gasteiger partial charge in [0.15, 0.2) is 0 Å². The fraction of sp³-hybridized carbons (Fsp3) is 0.171. The van der Waals surface area contributed by atoms with Crippen LogP contribution >= 0.6 is 0 Å². The van der Waals surface area contributed by atoms with E-state index < -0.39 is 0 Å². The van der Waals surface area contributed by atoms with Gasteiger partial charge in [0.2, 0.25) is 0 Å². The number of hydrogen-bond acceptors (Lipinski definition) is 0. The maximum atomic E-state index is 2.52. The molecule has 43 heavy (non-hydrogen) atoms. The fourth-order valence-electron chi connectivity index (χ4n) is 6.65. The summed E-state index contributed by atoms with van der Waals surface area (Å²) in [5, 5.41) is 3.98. The lowest BCUT2D eigenvalue weighted by atomic mass is 9.99. The topological polar surface area (TPSA) is 9.86 Å². The van der Waals surface area contributed by atoms with Crippen LogP contribution in [0.5, 0.6) is 0 Å². The van der Waals surface area contributed by atoms with Gasteiger partial charge in [-0.1, -0.05) is 122 Å². The molecule has 0 unspecified atom stereocenters. The van der Waals surface area contributed by atoms with Crippen molar-refractivity contribution in [2.75, 3.05) is 0 Å². The van der Waals surface area contributed by atoms with Crippen molar-refractivity contribution in [1.29, 1.82) is 0 Å². The summed E-state index contributed by atoms with van der Waals surface area (Å²) in [5.74, 6) is 0. The first kappa shape index (κ1) is 27.0. The lowest BCUT2D eigenvalue weighted by Crippen LogP contribution is -2.03. The average Bonchev–Trinajstić information content (AvgIpc) is 3.56. The summed E-state index contributed by atoms with van der Waals surface area (Å²) in [5.41, 5.74) is 10.6. The highest BCUT2D eigenvalue weighted by Crippen LogP contribution is 2.38. The molecule has 5 aromatic rings. The molecule has 2 heterocycles. The molecule has 0 amide bonds. The quantitative estimate of drug-likeness (QED) is 0.168. The summed E-state index contributed by atoms with van der Waals surface area (Å²) in [4.78, 5) is 0. The number of rotatable bonds is 8. The highest BCUT2D eigenvalue weighted by molar-refractivity contribution is 6.11. The molecule has 0 bridgehead atoms. The summed E-state index contributed by atoms with van der Waals surface area (Å²) in [6.07, 6.45) is 33.8. The minimum atomic E-state index is 0.863. The van der Waals surface area contributed by atoms with Gasteiger partial charge < -0.3 is 9.13 Å². The number of para-hydroxylation sites is 1. The third-order valence-electron chi connectivity index (χ3n) is 8.69. The van der Waals surface area contributed by atoms with E-state index in [0.717, 1.165) is 38.6 Å². The van der Waals surface area contributed by atoms with E-state index in [1.54, 1.807) is 0 Å². The Balaban J connectivity index is 1.29. The molecule has 2 aliphatic carbocycles. The summed E-state index contributed by atoms with van der Waals surface area (Å²) < 4.78 is 5.01. The standard InChI is InChI=1S/C41H38N2/c1-2-3-4-5-6-7-8-9-17-28-42-38-22-15-13-20-34(38)36-26-24-31(29-40(36)42)32-25-27-37-35-21-14-16-23-39(35)43(41(37)30-32)33-18-11-10-12-19-33/h3-11,13-14,16-18,20-21,23-27,29-30H,2,12,15,19,22,28H2,1H3/b4-3-,6-5-,8-7+,17-9-. The smallest absolute Gasteiger partial charge is 0.0544 e. The molecule has 0 saturated carbocycles. The van der Waals surface area contributed by atoms with Gasteiger partial charge in [-0.05, 0) is 67.5 Å². The van der Waals surface area contributed by atoms with E-state index in [1.807, 2.05) is 0 Å². The van der Waals surface area contributed by atoms with E-state index in [4.69, 9.17) is 0 Å². The van der Waals surface area contributed by atoms with Crippen LogP contribution in [0.15, 0.2) is 134 Å². The molecule has 7 rings (SSSR count). The van der Waals surface area contributed by atoms with E-state index in [1.165, 1.54) is 60.8 Å². The SMILES string of the molecule is CC\C=C/C=C\C=C\C=C/Cn1c2c(c3ccc(-c4ccc5c6ccccc6n(C6=CC=CCC6)c5c4)cc31)C=CCC2. The molecule has 0 N–H and O–H groups in total. The number of aromatic nitrogens is 2. The summed E-state index contributed by atoms with van der Waals surface area (Å²) in [6.45, 7) is 3.01. The molecule has 0 aliphatic heterocycles. The molecule has 0 spiro atoms. The largest absolute Gasteiger partial charge is 0.340 e. The van der Waals surface area contributed by atoms with Gasteiger partial charge in [0, 0.05) is 45.2 Å². The van der Waals surface area contributed by atoms with Gasteiger partial charge in [-0.2, -0.15) is 0 Å². The van der Waals surface area contributed by atoms with Crippen LogP contribution in [0.3, 0.4) is 0 Å². The Bertz CT molecular complexity index is 2030. The van der Waals surface area contributed by atoms with E-state index >= 15 is 0 Å². The average molecular weight is 559 g/mol. The van der Waals surface area contributed by atoms with Crippen molar-refractivity contribution >= 4 is 44.5 Å². The third-order valence-corrected chi connectivity index (χ3v) is 8.69. The Hall–Kier alpha value is -4.82. The van der Waals surface area contributed by atoms with Crippen LogP contribution in [-0.2, 0) is 13.0 Å². The normalized spacial score (nSPS) is 15.4. The number of hydrogen-bond donors (Lipinski definition) is 0. The van der Waals surface area contributed by atoms with Crippen LogP contribution in [-0.4, -0.2) is 9.13 Å². The number of allylic oxidation sites excluding steroid dienone is 13. The Morgan fingerprint density at radius 3 is 2.21 bits per heavy atom. The second-order valence-corrected chi connectivity index (χ2v) is 11.4. The highest BCUT2D eigenvalue weighted by Gasteiger charge is 2.19. The summed E-state index contributed by atoms with van der Waals surface area (Å²) in [6, 6.07) is 22.9. The van der Waals surface area contributed by atoms with Crippen LogP contribution in [0.1, 0.15) is 43.9 Å². The first-order valence-corrected chi connectivity index (χ1v) is 15.7. The first-order chi connectivity index (χ1) is 21.3. The zero-order chi connectivity index (χ0) is 29.0. The van der Waals surface area contributed by atoms with E-state index in [9.17, 15) is 0 Å². The molecule has 0 atom stereocenters. The fourth-order valence-corrected chi connectivity index (χ4v) is 6.65. The highest BCUT2D eigenvalue weighted by atomic mass is 15.0. The maximum absolute atomic E-state index is 2.52. The first-order valence-electron chi connectivity index (χ1n) is 15.7. The zero-order valence-corrected chi connectivity index (χ0v) is 24.9. The summed E-state index contributed by atoms with van der Waals surface area (Å²) >= 11 is 0. The zero-order valence-electron chi connectivity index (χ0n) is 24.9. The molecular weight excluding hydrogens is 520 g/mol. The number of nitrogens with zero attached hydrogens (tertiary/aromatic N) is 2. The van der Waals surface area contributed by atoms with Crippen molar-refractivity contribution in [2.45, 2.75) is 45.6 Å². The van der Waals surface area contributed by atoms with E-state index in [2.05, 4.69) is 156 Å². The summed E-state index contributed by atoms with van der Waals surface area (Å²) in [7, 11) is 0. The lowest BCUT2D eigenvalue weighted by Gasteiger charge is -2.14. The van der Waals surface area contributed by atoms with Crippen LogP contribution in [0, 0.1) is 0 Å². The molecule has 0 fully saturated rings. The van der Waals surface area contributed by atoms with Crippen molar-refractivity contribution in [2.24, 2.45) is 0 Å². The van der Waals surface area contributed by atoms with Gasteiger partial charge in [-0.15, -0.1) is 0 Å². The van der Waals surface area contributed by atoms with Crippen molar-refractivity contribution < 1.29 is 0 Å². The van der Waals surface area contributed by atoms with Gasteiger partial charge in [0.05, 0.1) is 11.0 Å². The van der Waals surface area contributed by atoms with Gasteiger partial charge in [0.1, 0.15) is 0 Å². The van der Waals surface area contributed by atoms with Gasteiger partial charge in [0.25, 0.3) is 0 Å². The molecule has 212 valence electrons. The Labute approximate surface area is 254 Å². The predicted octanol–water partition coefficient (Wildman–Crippen LogP) is 11.2.